The van der Waals surface area contributed by atoms with E-state index in [9.17, 15) is 0 Å². The van der Waals surface area contributed by atoms with E-state index in [0.29, 0.717) is 0 Å². The molecular formula is C15H25N3. The molecule has 1 aromatic rings. The van der Waals surface area contributed by atoms with Crippen LogP contribution in [0.3, 0.4) is 0 Å². The van der Waals surface area contributed by atoms with E-state index in [1.807, 2.05) is 6.92 Å². The van der Waals surface area contributed by atoms with Crippen molar-refractivity contribution in [3.63, 3.8) is 0 Å². The van der Waals surface area contributed by atoms with Crippen LogP contribution in [0.2, 0.25) is 0 Å². The van der Waals surface area contributed by atoms with Crippen LogP contribution in [0, 0.1) is 5.92 Å². The predicted octanol–water partition coefficient (Wildman–Crippen LogP) is 2.09. The van der Waals surface area contributed by atoms with Gasteiger partial charge in [-0.15, -0.1) is 0 Å². The van der Waals surface area contributed by atoms with Crippen molar-refractivity contribution in [3.05, 3.63) is 29.8 Å². The van der Waals surface area contributed by atoms with E-state index >= 15 is 0 Å². The summed E-state index contributed by atoms with van der Waals surface area (Å²) in [5, 5.41) is 0. The van der Waals surface area contributed by atoms with E-state index < -0.39 is 0 Å². The van der Waals surface area contributed by atoms with Crippen molar-refractivity contribution >= 4 is 5.69 Å². The summed E-state index contributed by atoms with van der Waals surface area (Å²) in [7, 11) is 4.39. The summed E-state index contributed by atoms with van der Waals surface area (Å²) >= 11 is 0. The van der Waals surface area contributed by atoms with E-state index in [1.54, 1.807) is 0 Å². The maximum atomic E-state index is 5.87. The molecule has 100 valence electrons. The summed E-state index contributed by atoms with van der Waals surface area (Å²) in [6.07, 6.45) is 1.32. The van der Waals surface area contributed by atoms with Crippen LogP contribution in [0.4, 0.5) is 5.69 Å². The molecule has 1 aliphatic heterocycles. The highest BCUT2D eigenvalue weighted by Crippen LogP contribution is 2.21. The molecule has 1 aliphatic rings. The van der Waals surface area contributed by atoms with Gasteiger partial charge in [-0.05, 0) is 50.6 Å². The highest BCUT2D eigenvalue weighted by atomic mass is 15.1. The van der Waals surface area contributed by atoms with Gasteiger partial charge in [-0.2, -0.15) is 0 Å². The maximum absolute atomic E-state index is 5.87. The van der Waals surface area contributed by atoms with Gasteiger partial charge in [0.25, 0.3) is 0 Å². The number of rotatable bonds is 4. The zero-order valence-electron chi connectivity index (χ0n) is 11.8. The largest absolute Gasteiger partial charge is 0.374 e. The van der Waals surface area contributed by atoms with Gasteiger partial charge >= 0.3 is 0 Å². The molecule has 1 heterocycles. The monoisotopic (exact) mass is 247 g/mol. The third-order valence-electron chi connectivity index (χ3n) is 3.88. The summed E-state index contributed by atoms with van der Waals surface area (Å²) in [6.45, 7) is 5.62. The van der Waals surface area contributed by atoms with Crippen molar-refractivity contribution in [2.24, 2.45) is 11.7 Å². The second-order valence-electron chi connectivity index (χ2n) is 5.68. The lowest BCUT2D eigenvalue weighted by Gasteiger charge is -2.23. The number of hydrogen-bond donors (Lipinski definition) is 1. The molecule has 2 unspecified atom stereocenters. The van der Waals surface area contributed by atoms with Crippen LogP contribution >= 0.6 is 0 Å². The fourth-order valence-corrected chi connectivity index (χ4v) is 2.70. The number of benzene rings is 1. The number of anilines is 1. The van der Waals surface area contributed by atoms with Crippen LogP contribution in [0.5, 0.6) is 0 Å². The van der Waals surface area contributed by atoms with Gasteiger partial charge in [0, 0.05) is 31.9 Å². The molecule has 0 saturated carbocycles. The minimum Gasteiger partial charge on any atom is -0.374 e. The summed E-state index contributed by atoms with van der Waals surface area (Å²) in [5.74, 6) is 0.799. The van der Waals surface area contributed by atoms with Crippen molar-refractivity contribution in [2.75, 3.05) is 38.6 Å². The van der Waals surface area contributed by atoms with Crippen LogP contribution in [0.1, 0.15) is 24.9 Å². The second kappa shape index (κ2) is 5.72. The Morgan fingerprint density at radius 2 is 2.06 bits per heavy atom. The average molecular weight is 247 g/mol. The Morgan fingerprint density at radius 1 is 1.39 bits per heavy atom. The van der Waals surface area contributed by atoms with E-state index in [-0.39, 0.29) is 6.04 Å². The first kappa shape index (κ1) is 13.4. The van der Waals surface area contributed by atoms with E-state index in [0.717, 1.165) is 12.5 Å². The highest BCUT2D eigenvalue weighted by molar-refractivity contribution is 5.47. The number of likely N-dealkylation sites (tertiary alicyclic amines) is 1. The van der Waals surface area contributed by atoms with Gasteiger partial charge in [-0.3, -0.25) is 0 Å². The molecule has 1 fully saturated rings. The Balaban J connectivity index is 1.94. The Bertz CT molecular complexity index is 372. The molecule has 0 aliphatic carbocycles. The van der Waals surface area contributed by atoms with Gasteiger partial charge in [-0.1, -0.05) is 12.1 Å². The normalized spacial score (nSPS) is 22.1. The first-order valence-corrected chi connectivity index (χ1v) is 6.81. The van der Waals surface area contributed by atoms with Gasteiger partial charge in [-0.25, -0.2) is 0 Å². The van der Waals surface area contributed by atoms with Crippen LogP contribution in [0.15, 0.2) is 24.3 Å². The van der Waals surface area contributed by atoms with Gasteiger partial charge in [0.1, 0.15) is 0 Å². The quantitative estimate of drug-likeness (QED) is 0.884. The van der Waals surface area contributed by atoms with Crippen LogP contribution in [-0.2, 0) is 0 Å². The standard InChI is InChI=1S/C15H25N3/c1-12(16)14-4-6-15(7-5-14)18(3)11-13-8-9-17(2)10-13/h4-7,12-13H,8-11,16H2,1-3H3. The summed E-state index contributed by atoms with van der Waals surface area (Å²) in [6, 6.07) is 8.75. The summed E-state index contributed by atoms with van der Waals surface area (Å²) in [5.41, 5.74) is 8.36. The maximum Gasteiger partial charge on any atom is 0.0363 e. The molecule has 2 N–H and O–H groups in total. The van der Waals surface area contributed by atoms with Gasteiger partial charge in [0.15, 0.2) is 0 Å². The second-order valence-corrected chi connectivity index (χ2v) is 5.68. The summed E-state index contributed by atoms with van der Waals surface area (Å²) in [4.78, 5) is 4.77. The summed E-state index contributed by atoms with van der Waals surface area (Å²) < 4.78 is 0. The Morgan fingerprint density at radius 3 is 2.56 bits per heavy atom. The molecule has 0 bridgehead atoms. The first-order chi connectivity index (χ1) is 8.56. The van der Waals surface area contributed by atoms with E-state index in [4.69, 9.17) is 5.73 Å². The van der Waals surface area contributed by atoms with Crippen LogP contribution in [0.25, 0.3) is 0 Å². The minimum absolute atomic E-state index is 0.118. The first-order valence-electron chi connectivity index (χ1n) is 6.81. The molecule has 0 spiro atoms. The Labute approximate surface area is 111 Å². The van der Waals surface area contributed by atoms with Gasteiger partial charge in [0.2, 0.25) is 0 Å². The molecule has 3 heteroatoms. The Hall–Kier alpha value is -1.06. The molecule has 2 atom stereocenters. The molecule has 0 amide bonds. The zero-order chi connectivity index (χ0) is 13.1. The number of hydrogen-bond acceptors (Lipinski definition) is 3. The molecular weight excluding hydrogens is 222 g/mol. The lowest BCUT2D eigenvalue weighted by Crippen LogP contribution is -2.27. The molecule has 18 heavy (non-hydrogen) atoms. The lowest BCUT2D eigenvalue weighted by atomic mass is 10.1. The molecule has 1 aromatic carbocycles. The third kappa shape index (κ3) is 3.24. The van der Waals surface area contributed by atoms with Crippen molar-refractivity contribution in [1.82, 2.24) is 4.90 Å². The molecule has 0 radical (unpaired) electrons. The molecule has 0 aromatic heterocycles. The SMILES string of the molecule is CC(N)c1ccc(N(C)CC2CCN(C)C2)cc1. The van der Waals surface area contributed by atoms with E-state index in [1.165, 1.54) is 30.8 Å². The fourth-order valence-electron chi connectivity index (χ4n) is 2.70. The van der Waals surface area contributed by atoms with Crippen molar-refractivity contribution in [1.29, 1.82) is 0 Å². The fraction of sp³-hybridized carbons (Fsp3) is 0.600. The Kier molecular flexibility index (Phi) is 4.25. The van der Waals surface area contributed by atoms with Crippen LogP contribution < -0.4 is 10.6 Å². The average Bonchev–Trinajstić information content (AvgIpc) is 2.75. The highest BCUT2D eigenvalue weighted by Gasteiger charge is 2.20. The number of nitrogens with zero attached hydrogens (tertiary/aromatic N) is 2. The predicted molar refractivity (Wildman–Crippen MR) is 77.9 cm³/mol. The minimum atomic E-state index is 0.118. The molecule has 1 saturated heterocycles. The topological polar surface area (TPSA) is 32.5 Å². The van der Waals surface area contributed by atoms with Crippen molar-refractivity contribution in [3.8, 4) is 0 Å². The van der Waals surface area contributed by atoms with Crippen molar-refractivity contribution < 1.29 is 0 Å². The van der Waals surface area contributed by atoms with Gasteiger partial charge in [0.05, 0.1) is 0 Å². The van der Waals surface area contributed by atoms with Crippen molar-refractivity contribution in [2.45, 2.75) is 19.4 Å². The molecule has 3 nitrogen and oxygen atoms in total. The number of nitrogens with two attached hydrogens (primary N) is 1. The third-order valence-corrected chi connectivity index (χ3v) is 3.88. The lowest BCUT2D eigenvalue weighted by molar-refractivity contribution is 0.396. The van der Waals surface area contributed by atoms with Gasteiger partial charge < -0.3 is 15.5 Å². The zero-order valence-corrected chi connectivity index (χ0v) is 11.8. The molecule has 2 rings (SSSR count). The van der Waals surface area contributed by atoms with Crippen LogP contribution in [-0.4, -0.2) is 38.6 Å². The van der Waals surface area contributed by atoms with E-state index in [2.05, 4.69) is 48.2 Å². The smallest absolute Gasteiger partial charge is 0.0363 e.